The fourth-order valence-corrected chi connectivity index (χ4v) is 4.69. The molecule has 2 saturated heterocycles. The Kier molecular flexibility index (Phi) is 6.81. The van der Waals surface area contributed by atoms with E-state index in [2.05, 4.69) is 33.6 Å². The van der Waals surface area contributed by atoms with Crippen molar-refractivity contribution in [1.29, 1.82) is 0 Å². The average molecular weight is 486 g/mol. The van der Waals surface area contributed by atoms with Crippen molar-refractivity contribution in [1.82, 2.24) is 19.8 Å². The lowest BCUT2D eigenvalue weighted by molar-refractivity contribution is -0.126. The van der Waals surface area contributed by atoms with Crippen LogP contribution in [-0.2, 0) is 4.79 Å². The summed E-state index contributed by atoms with van der Waals surface area (Å²) in [5.41, 5.74) is 0.603. The SMILES string of the molecule is C=CC(=O)N1CCN(c2cc(NC(=O)c3cccc4ccccc34)nc(N3CCN(C)CC3)n2)CC1. The monoisotopic (exact) mass is 485 g/mol. The van der Waals surface area contributed by atoms with E-state index in [9.17, 15) is 9.59 Å². The Morgan fingerprint density at radius 1 is 0.889 bits per heavy atom. The van der Waals surface area contributed by atoms with Gasteiger partial charge in [0.05, 0.1) is 0 Å². The smallest absolute Gasteiger partial charge is 0.257 e. The number of likely N-dealkylation sites (N-methyl/N-ethyl adjacent to an activating group) is 1. The second-order valence-electron chi connectivity index (χ2n) is 9.20. The van der Waals surface area contributed by atoms with Crippen LogP contribution in [-0.4, -0.2) is 91.0 Å². The molecule has 2 fully saturated rings. The minimum absolute atomic E-state index is 0.0569. The topological polar surface area (TPSA) is 84.9 Å². The molecule has 0 saturated carbocycles. The Hall–Kier alpha value is -3.98. The first kappa shape index (κ1) is 23.7. The average Bonchev–Trinajstić information content (AvgIpc) is 2.92. The second kappa shape index (κ2) is 10.3. The molecule has 2 aliphatic rings. The van der Waals surface area contributed by atoms with Crippen molar-refractivity contribution >= 4 is 40.2 Å². The number of rotatable bonds is 5. The van der Waals surface area contributed by atoms with Crippen molar-refractivity contribution in [3.8, 4) is 0 Å². The van der Waals surface area contributed by atoms with Gasteiger partial charge in [0, 0.05) is 64.0 Å². The molecule has 3 heterocycles. The second-order valence-corrected chi connectivity index (χ2v) is 9.20. The molecule has 2 aliphatic heterocycles. The molecule has 0 radical (unpaired) electrons. The summed E-state index contributed by atoms with van der Waals surface area (Å²) in [6.45, 7) is 9.56. The van der Waals surface area contributed by atoms with E-state index in [-0.39, 0.29) is 11.8 Å². The molecule has 3 aromatic rings. The highest BCUT2D eigenvalue weighted by atomic mass is 16.2. The molecular formula is C27H31N7O2. The van der Waals surface area contributed by atoms with Crippen molar-refractivity contribution in [2.45, 2.75) is 0 Å². The lowest BCUT2D eigenvalue weighted by Gasteiger charge is -2.36. The first-order chi connectivity index (χ1) is 17.5. The molecule has 1 N–H and O–H groups in total. The number of hydrogen-bond donors (Lipinski definition) is 1. The van der Waals surface area contributed by atoms with Gasteiger partial charge in [-0.1, -0.05) is 43.0 Å². The third kappa shape index (κ3) is 5.01. The van der Waals surface area contributed by atoms with Gasteiger partial charge in [0.1, 0.15) is 11.6 Å². The summed E-state index contributed by atoms with van der Waals surface area (Å²) in [5, 5.41) is 4.93. The van der Waals surface area contributed by atoms with Crippen LogP contribution in [0.4, 0.5) is 17.6 Å². The highest BCUT2D eigenvalue weighted by Crippen LogP contribution is 2.24. The maximum absolute atomic E-state index is 13.3. The molecule has 0 bridgehead atoms. The van der Waals surface area contributed by atoms with Gasteiger partial charge in [-0.15, -0.1) is 0 Å². The molecule has 2 amide bonds. The Bertz CT molecular complexity index is 1270. The van der Waals surface area contributed by atoms with Crippen LogP contribution in [0.3, 0.4) is 0 Å². The highest BCUT2D eigenvalue weighted by Gasteiger charge is 2.24. The molecule has 0 atom stereocenters. The van der Waals surface area contributed by atoms with Gasteiger partial charge in [-0.3, -0.25) is 9.59 Å². The summed E-state index contributed by atoms with van der Waals surface area (Å²) in [4.78, 5) is 43.3. The van der Waals surface area contributed by atoms with E-state index in [0.717, 1.165) is 42.8 Å². The van der Waals surface area contributed by atoms with Crippen molar-refractivity contribution in [2.24, 2.45) is 0 Å². The van der Waals surface area contributed by atoms with E-state index in [0.29, 0.717) is 43.5 Å². The molecule has 1 aromatic heterocycles. The van der Waals surface area contributed by atoms with Crippen molar-refractivity contribution in [3.05, 3.63) is 66.7 Å². The van der Waals surface area contributed by atoms with E-state index in [1.807, 2.05) is 48.5 Å². The molecule has 36 heavy (non-hydrogen) atoms. The van der Waals surface area contributed by atoms with Gasteiger partial charge in [0.15, 0.2) is 0 Å². The van der Waals surface area contributed by atoms with E-state index in [1.165, 1.54) is 6.08 Å². The minimum atomic E-state index is -0.206. The first-order valence-electron chi connectivity index (χ1n) is 12.3. The number of hydrogen-bond acceptors (Lipinski definition) is 7. The van der Waals surface area contributed by atoms with Crippen LogP contribution < -0.4 is 15.1 Å². The minimum Gasteiger partial charge on any atom is -0.353 e. The van der Waals surface area contributed by atoms with Gasteiger partial charge < -0.3 is 24.9 Å². The fourth-order valence-electron chi connectivity index (χ4n) is 4.69. The van der Waals surface area contributed by atoms with Crippen molar-refractivity contribution < 1.29 is 9.59 Å². The van der Waals surface area contributed by atoms with E-state index in [4.69, 9.17) is 9.97 Å². The number of amides is 2. The van der Waals surface area contributed by atoms with Crippen LogP contribution in [0.5, 0.6) is 0 Å². The van der Waals surface area contributed by atoms with Gasteiger partial charge in [0.2, 0.25) is 11.9 Å². The molecule has 0 aliphatic carbocycles. The number of fused-ring (bicyclic) bond motifs is 1. The van der Waals surface area contributed by atoms with Crippen LogP contribution in [0, 0.1) is 0 Å². The number of benzene rings is 2. The summed E-state index contributed by atoms with van der Waals surface area (Å²) >= 11 is 0. The Morgan fingerprint density at radius 3 is 2.33 bits per heavy atom. The highest BCUT2D eigenvalue weighted by molar-refractivity contribution is 6.12. The van der Waals surface area contributed by atoms with E-state index in [1.54, 1.807) is 4.90 Å². The zero-order valence-electron chi connectivity index (χ0n) is 20.6. The molecule has 0 unspecified atom stereocenters. The summed E-state index contributed by atoms with van der Waals surface area (Å²) in [6.07, 6.45) is 1.35. The van der Waals surface area contributed by atoms with Gasteiger partial charge >= 0.3 is 0 Å². The zero-order chi connectivity index (χ0) is 25.1. The normalized spacial score (nSPS) is 16.8. The number of carbonyl (C=O) groups is 2. The molecular weight excluding hydrogens is 454 g/mol. The maximum Gasteiger partial charge on any atom is 0.257 e. The number of aromatic nitrogens is 2. The molecule has 0 spiro atoms. The van der Waals surface area contributed by atoms with Crippen molar-refractivity contribution in [3.63, 3.8) is 0 Å². The predicted molar refractivity (Wildman–Crippen MR) is 143 cm³/mol. The molecule has 9 nitrogen and oxygen atoms in total. The lowest BCUT2D eigenvalue weighted by atomic mass is 10.0. The first-order valence-corrected chi connectivity index (χ1v) is 12.3. The fraction of sp³-hybridized carbons (Fsp3) is 0.333. The molecule has 9 heteroatoms. The number of nitrogens with zero attached hydrogens (tertiary/aromatic N) is 6. The Balaban J connectivity index is 1.43. The number of piperazine rings is 2. The zero-order valence-corrected chi connectivity index (χ0v) is 20.6. The van der Waals surface area contributed by atoms with Gasteiger partial charge in [-0.05, 0) is 30.0 Å². The molecule has 2 aromatic carbocycles. The predicted octanol–water partition coefficient (Wildman–Crippen LogP) is 2.47. The largest absolute Gasteiger partial charge is 0.353 e. The maximum atomic E-state index is 13.3. The summed E-state index contributed by atoms with van der Waals surface area (Å²) in [6, 6.07) is 15.4. The third-order valence-corrected chi connectivity index (χ3v) is 6.85. The Morgan fingerprint density at radius 2 is 1.58 bits per heavy atom. The third-order valence-electron chi connectivity index (χ3n) is 6.85. The number of nitrogens with one attached hydrogen (secondary N) is 1. The van der Waals surface area contributed by atoms with Crippen molar-refractivity contribution in [2.75, 3.05) is 74.5 Å². The van der Waals surface area contributed by atoms with E-state index < -0.39 is 0 Å². The Labute approximate surface area is 211 Å². The van der Waals surface area contributed by atoms with E-state index >= 15 is 0 Å². The van der Waals surface area contributed by atoms with Crippen LogP contribution >= 0.6 is 0 Å². The molecule has 5 rings (SSSR count). The van der Waals surface area contributed by atoms with Crippen LogP contribution in [0.1, 0.15) is 10.4 Å². The van der Waals surface area contributed by atoms with Gasteiger partial charge in [0.25, 0.3) is 5.91 Å². The quantitative estimate of drug-likeness (QED) is 0.556. The summed E-state index contributed by atoms with van der Waals surface area (Å²) in [5.74, 6) is 1.56. The van der Waals surface area contributed by atoms with Crippen LogP contribution in [0.2, 0.25) is 0 Å². The summed E-state index contributed by atoms with van der Waals surface area (Å²) in [7, 11) is 2.11. The summed E-state index contributed by atoms with van der Waals surface area (Å²) < 4.78 is 0. The van der Waals surface area contributed by atoms with Crippen LogP contribution in [0.15, 0.2) is 61.2 Å². The lowest BCUT2D eigenvalue weighted by Crippen LogP contribution is -2.49. The van der Waals surface area contributed by atoms with Gasteiger partial charge in [-0.25, -0.2) is 0 Å². The number of carbonyl (C=O) groups excluding carboxylic acids is 2. The van der Waals surface area contributed by atoms with Crippen LogP contribution in [0.25, 0.3) is 10.8 Å². The molecule has 186 valence electrons. The standard InChI is InChI=1S/C27H31N7O2/c1-3-25(35)33-17-15-32(16-18-33)24-19-23(29-27(30-24)34-13-11-31(2)12-14-34)28-26(36)22-10-6-8-20-7-4-5-9-21(20)22/h3-10,19H,1,11-18H2,2H3,(H,28,29,30,36). The number of anilines is 3. The van der Waals surface area contributed by atoms with Gasteiger partial charge in [-0.2, -0.15) is 9.97 Å².